The molecule has 2 rings (SSSR count). The van der Waals surface area contributed by atoms with E-state index in [4.69, 9.17) is 5.73 Å². The lowest BCUT2D eigenvalue weighted by molar-refractivity contribution is 0.571. The molecular weight excluding hydrogens is 176 g/mol. The lowest BCUT2D eigenvalue weighted by Gasteiger charge is -2.16. The summed E-state index contributed by atoms with van der Waals surface area (Å²) in [4.78, 5) is 4.07. The average molecular weight is 190 g/mol. The summed E-state index contributed by atoms with van der Waals surface area (Å²) in [5.74, 6) is 0.543. The minimum Gasteiger partial charge on any atom is -0.383 e. The summed E-state index contributed by atoms with van der Waals surface area (Å²) < 4.78 is 0. The third-order valence-corrected chi connectivity index (χ3v) is 2.25. The van der Waals surface area contributed by atoms with Crippen molar-refractivity contribution < 1.29 is 0 Å². The Kier molecular flexibility index (Phi) is 1.74. The monoisotopic (exact) mass is 190 g/mol. The summed E-state index contributed by atoms with van der Waals surface area (Å²) in [6.07, 6.45) is 1.67. The van der Waals surface area contributed by atoms with Gasteiger partial charge in [0.1, 0.15) is 5.82 Å². The molecule has 2 aromatic rings. The summed E-state index contributed by atoms with van der Waals surface area (Å²) >= 11 is 0. The maximum Gasteiger partial charge on any atom is 0.134 e. The van der Waals surface area contributed by atoms with Crippen LogP contribution in [0, 0.1) is 0 Å². The molecule has 2 heterocycles. The van der Waals surface area contributed by atoms with Crippen LogP contribution in [-0.2, 0) is 5.41 Å². The van der Waals surface area contributed by atoms with E-state index in [9.17, 15) is 0 Å². The number of nitrogens with two attached hydrogens (primary N) is 1. The molecule has 0 aliphatic heterocycles. The van der Waals surface area contributed by atoms with Crippen LogP contribution >= 0.6 is 0 Å². The molecule has 74 valence electrons. The highest BCUT2D eigenvalue weighted by molar-refractivity contribution is 5.91. The Labute approximate surface area is 82.5 Å². The van der Waals surface area contributed by atoms with Crippen LogP contribution in [0.5, 0.6) is 0 Å². The Morgan fingerprint density at radius 3 is 2.71 bits per heavy atom. The third-order valence-electron chi connectivity index (χ3n) is 2.25. The number of fused-ring (bicyclic) bond motifs is 1. The SMILES string of the molecule is CC(C)(C)c1[nH]nc2ccnc(N)c12. The summed E-state index contributed by atoms with van der Waals surface area (Å²) in [6, 6.07) is 1.86. The van der Waals surface area contributed by atoms with Gasteiger partial charge in [0.15, 0.2) is 0 Å². The van der Waals surface area contributed by atoms with Crippen LogP contribution in [0.3, 0.4) is 0 Å². The van der Waals surface area contributed by atoms with Crippen LogP contribution in [0.1, 0.15) is 26.5 Å². The largest absolute Gasteiger partial charge is 0.383 e. The number of aromatic amines is 1. The van der Waals surface area contributed by atoms with Crippen molar-refractivity contribution in [1.82, 2.24) is 15.2 Å². The molecule has 0 saturated heterocycles. The van der Waals surface area contributed by atoms with Gasteiger partial charge in [-0.1, -0.05) is 20.8 Å². The van der Waals surface area contributed by atoms with Gasteiger partial charge in [-0.2, -0.15) is 5.10 Å². The molecule has 2 aromatic heterocycles. The minimum atomic E-state index is 0.00586. The van der Waals surface area contributed by atoms with E-state index in [0.717, 1.165) is 16.6 Å². The Morgan fingerprint density at radius 1 is 1.36 bits per heavy atom. The van der Waals surface area contributed by atoms with Gasteiger partial charge in [-0.05, 0) is 6.07 Å². The highest BCUT2D eigenvalue weighted by Crippen LogP contribution is 2.29. The number of nitrogens with zero attached hydrogens (tertiary/aromatic N) is 2. The number of aromatic nitrogens is 3. The Hall–Kier alpha value is -1.58. The first-order chi connectivity index (χ1) is 6.50. The van der Waals surface area contributed by atoms with Crippen LogP contribution < -0.4 is 5.73 Å². The highest BCUT2D eigenvalue weighted by atomic mass is 15.1. The Morgan fingerprint density at radius 2 is 2.07 bits per heavy atom. The second-order valence-corrected chi connectivity index (χ2v) is 4.44. The van der Waals surface area contributed by atoms with Crippen LogP contribution in [0.15, 0.2) is 12.3 Å². The number of nitrogen functional groups attached to an aromatic ring is 1. The first-order valence-corrected chi connectivity index (χ1v) is 4.59. The fourth-order valence-corrected chi connectivity index (χ4v) is 1.53. The van der Waals surface area contributed by atoms with Gasteiger partial charge >= 0.3 is 0 Å². The standard InChI is InChI=1S/C10H14N4/c1-10(2,3)8-7-6(13-14-8)4-5-12-9(7)11/h4-5H,1-3H3,(H2,11,12)(H,13,14). The zero-order valence-electron chi connectivity index (χ0n) is 8.63. The van der Waals surface area contributed by atoms with E-state index >= 15 is 0 Å². The van der Waals surface area contributed by atoms with Crippen LogP contribution in [0.4, 0.5) is 5.82 Å². The predicted molar refractivity (Wildman–Crippen MR) is 57.0 cm³/mol. The van der Waals surface area contributed by atoms with E-state index < -0.39 is 0 Å². The smallest absolute Gasteiger partial charge is 0.134 e. The quantitative estimate of drug-likeness (QED) is 0.666. The summed E-state index contributed by atoms with van der Waals surface area (Å²) in [6.45, 7) is 6.35. The molecule has 4 nitrogen and oxygen atoms in total. The molecule has 0 radical (unpaired) electrons. The van der Waals surface area contributed by atoms with E-state index in [1.165, 1.54) is 0 Å². The maximum atomic E-state index is 5.83. The number of hydrogen-bond donors (Lipinski definition) is 2. The van der Waals surface area contributed by atoms with E-state index in [0.29, 0.717) is 5.82 Å². The molecule has 0 bridgehead atoms. The lowest BCUT2D eigenvalue weighted by atomic mass is 9.90. The fourth-order valence-electron chi connectivity index (χ4n) is 1.53. The Bertz CT molecular complexity index is 464. The molecule has 0 aliphatic rings. The number of nitrogens with one attached hydrogen (secondary N) is 1. The highest BCUT2D eigenvalue weighted by Gasteiger charge is 2.21. The topological polar surface area (TPSA) is 67.6 Å². The van der Waals surface area contributed by atoms with Crippen LogP contribution in [-0.4, -0.2) is 15.2 Å². The number of pyridine rings is 1. The summed E-state index contributed by atoms with van der Waals surface area (Å²) in [5, 5.41) is 8.17. The van der Waals surface area contributed by atoms with Gasteiger partial charge in [-0.15, -0.1) is 0 Å². The van der Waals surface area contributed by atoms with Crippen molar-refractivity contribution in [3.05, 3.63) is 18.0 Å². The number of anilines is 1. The van der Waals surface area contributed by atoms with E-state index in [-0.39, 0.29) is 5.41 Å². The lowest BCUT2D eigenvalue weighted by Crippen LogP contribution is -2.12. The van der Waals surface area contributed by atoms with Gasteiger partial charge in [-0.25, -0.2) is 4.98 Å². The third kappa shape index (κ3) is 1.23. The van der Waals surface area contributed by atoms with Crippen molar-refractivity contribution in [3.63, 3.8) is 0 Å². The molecule has 0 atom stereocenters. The van der Waals surface area contributed by atoms with Crippen molar-refractivity contribution in [2.24, 2.45) is 0 Å². The molecule has 0 aromatic carbocycles. The van der Waals surface area contributed by atoms with Crippen molar-refractivity contribution in [2.75, 3.05) is 5.73 Å². The molecule has 14 heavy (non-hydrogen) atoms. The molecular formula is C10H14N4. The zero-order valence-corrected chi connectivity index (χ0v) is 8.63. The van der Waals surface area contributed by atoms with E-state index in [1.807, 2.05) is 6.07 Å². The summed E-state index contributed by atoms with van der Waals surface area (Å²) in [7, 11) is 0. The van der Waals surface area contributed by atoms with Gasteiger partial charge < -0.3 is 5.73 Å². The van der Waals surface area contributed by atoms with Crippen molar-refractivity contribution in [3.8, 4) is 0 Å². The molecule has 0 aliphatic carbocycles. The predicted octanol–water partition coefficient (Wildman–Crippen LogP) is 1.84. The fraction of sp³-hybridized carbons (Fsp3) is 0.400. The molecule has 4 heteroatoms. The average Bonchev–Trinajstić information content (AvgIpc) is 2.47. The molecule has 0 unspecified atom stereocenters. The van der Waals surface area contributed by atoms with Crippen molar-refractivity contribution in [2.45, 2.75) is 26.2 Å². The first kappa shape index (κ1) is 8.99. The Balaban J connectivity index is 2.80. The normalized spacial score (nSPS) is 12.2. The minimum absolute atomic E-state index is 0.00586. The first-order valence-electron chi connectivity index (χ1n) is 4.59. The van der Waals surface area contributed by atoms with Crippen molar-refractivity contribution in [1.29, 1.82) is 0 Å². The molecule has 0 fully saturated rings. The van der Waals surface area contributed by atoms with E-state index in [2.05, 4.69) is 36.0 Å². The second-order valence-electron chi connectivity index (χ2n) is 4.44. The molecule has 0 saturated carbocycles. The van der Waals surface area contributed by atoms with Gasteiger partial charge in [0.05, 0.1) is 16.6 Å². The van der Waals surface area contributed by atoms with E-state index in [1.54, 1.807) is 6.20 Å². The number of H-pyrrole nitrogens is 1. The zero-order chi connectivity index (χ0) is 10.3. The van der Waals surface area contributed by atoms with Gasteiger partial charge in [0.2, 0.25) is 0 Å². The van der Waals surface area contributed by atoms with Gasteiger partial charge in [-0.3, -0.25) is 5.10 Å². The number of rotatable bonds is 0. The maximum absolute atomic E-state index is 5.83. The second kappa shape index (κ2) is 2.70. The van der Waals surface area contributed by atoms with Crippen LogP contribution in [0.2, 0.25) is 0 Å². The number of hydrogen-bond acceptors (Lipinski definition) is 3. The molecule has 0 amide bonds. The van der Waals surface area contributed by atoms with Crippen LogP contribution in [0.25, 0.3) is 10.9 Å². The van der Waals surface area contributed by atoms with Gasteiger partial charge in [0.25, 0.3) is 0 Å². The molecule has 0 spiro atoms. The van der Waals surface area contributed by atoms with Gasteiger partial charge in [0, 0.05) is 11.6 Å². The molecule has 3 N–H and O–H groups in total. The summed E-state index contributed by atoms with van der Waals surface area (Å²) in [5.41, 5.74) is 7.75. The van der Waals surface area contributed by atoms with Crippen molar-refractivity contribution >= 4 is 16.7 Å².